The van der Waals surface area contributed by atoms with E-state index < -0.39 is 0 Å². The SMILES string of the molecule is C=CC1CC(OC2CCC3OC3C2)CC1C. The Hall–Kier alpha value is -0.340. The van der Waals surface area contributed by atoms with Crippen LogP contribution in [-0.2, 0) is 9.47 Å². The lowest BCUT2D eigenvalue weighted by Gasteiger charge is -2.23. The van der Waals surface area contributed by atoms with Crippen molar-refractivity contribution in [2.24, 2.45) is 11.8 Å². The first-order chi connectivity index (χ1) is 7.76. The molecule has 1 heterocycles. The van der Waals surface area contributed by atoms with Crippen molar-refractivity contribution in [3.63, 3.8) is 0 Å². The van der Waals surface area contributed by atoms with E-state index in [4.69, 9.17) is 9.47 Å². The maximum Gasteiger partial charge on any atom is 0.0866 e. The summed E-state index contributed by atoms with van der Waals surface area (Å²) in [5.74, 6) is 1.41. The number of fused-ring (bicyclic) bond motifs is 1. The average Bonchev–Trinajstić information content (AvgIpc) is 2.95. The summed E-state index contributed by atoms with van der Waals surface area (Å²) in [5.41, 5.74) is 0. The van der Waals surface area contributed by atoms with Crippen LogP contribution in [0.4, 0.5) is 0 Å². The lowest BCUT2D eigenvalue weighted by Crippen LogP contribution is -2.26. The van der Waals surface area contributed by atoms with Crippen molar-refractivity contribution < 1.29 is 9.47 Å². The van der Waals surface area contributed by atoms with Gasteiger partial charge in [0, 0.05) is 6.42 Å². The minimum atomic E-state index is 0.463. The highest BCUT2D eigenvalue weighted by Gasteiger charge is 2.45. The molecule has 90 valence electrons. The van der Waals surface area contributed by atoms with Crippen molar-refractivity contribution in [2.45, 2.75) is 63.4 Å². The quantitative estimate of drug-likeness (QED) is 0.541. The second-order valence-electron chi connectivity index (χ2n) is 5.75. The number of hydrogen-bond donors (Lipinski definition) is 0. The molecule has 1 aliphatic heterocycles. The van der Waals surface area contributed by atoms with Crippen molar-refractivity contribution in [3.8, 4) is 0 Å². The van der Waals surface area contributed by atoms with Gasteiger partial charge in [-0.05, 0) is 37.5 Å². The zero-order valence-corrected chi connectivity index (χ0v) is 10.1. The van der Waals surface area contributed by atoms with Crippen LogP contribution in [0.2, 0.25) is 0 Å². The Labute approximate surface area is 98.0 Å². The summed E-state index contributed by atoms with van der Waals surface area (Å²) in [6, 6.07) is 0. The Morgan fingerprint density at radius 2 is 2.00 bits per heavy atom. The third-order valence-corrected chi connectivity index (χ3v) is 4.54. The number of rotatable bonds is 3. The predicted octanol–water partition coefficient (Wildman–Crippen LogP) is 2.92. The molecule has 0 spiro atoms. The molecular weight excluding hydrogens is 200 g/mol. The molecule has 6 atom stereocenters. The molecule has 2 heteroatoms. The number of epoxide rings is 1. The largest absolute Gasteiger partial charge is 0.375 e. The standard InChI is InChI=1S/C14H22O2/c1-3-10-7-12(6-9(10)2)15-11-4-5-13-14(8-11)16-13/h3,9-14H,1,4-8H2,2H3. The fraction of sp³-hybridized carbons (Fsp3) is 0.857. The highest BCUT2D eigenvalue weighted by atomic mass is 16.6. The summed E-state index contributed by atoms with van der Waals surface area (Å²) in [7, 11) is 0. The van der Waals surface area contributed by atoms with Crippen molar-refractivity contribution in [2.75, 3.05) is 0 Å². The highest BCUT2D eigenvalue weighted by Crippen LogP contribution is 2.40. The van der Waals surface area contributed by atoms with E-state index in [9.17, 15) is 0 Å². The Morgan fingerprint density at radius 1 is 1.12 bits per heavy atom. The van der Waals surface area contributed by atoms with E-state index >= 15 is 0 Å². The van der Waals surface area contributed by atoms with Crippen molar-refractivity contribution in [1.82, 2.24) is 0 Å². The van der Waals surface area contributed by atoms with Gasteiger partial charge in [-0.1, -0.05) is 13.0 Å². The molecule has 1 saturated heterocycles. The molecular formula is C14H22O2. The fourth-order valence-corrected chi connectivity index (χ4v) is 3.42. The van der Waals surface area contributed by atoms with Crippen LogP contribution >= 0.6 is 0 Å². The monoisotopic (exact) mass is 222 g/mol. The molecule has 6 unspecified atom stereocenters. The normalized spacial score (nSPS) is 51.1. The molecule has 0 aromatic heterocycles. The molecule has 3 aliphatic rings. The van der Waals surface area contributed by atoms with Crippen LogP contribution in [0.3, 0.4) is 0 Å². The molecule has 0 radical (unpaired) electrons. The second-order valence-corrected chi connectivity index (χ2v) is 5.75. The molecule has 0 bridgehead atoms. The molecule has 2 aliphatic carbocycles. The van der Waals surface area contributed by atoms with Crippen LogP contribution in [0, 0.1) is 11.8 Å². The van der Waals surface area contributed by atoms with Crippen molar-refractivity contribution >= 4 is 0 Å². The number of ether oxygens (including phenoxy) is 2. The summed E-state index contributed by atoms with van der Waals surface area (Å²) in [6.45, 7) is 6.23. The van der Waals surface area contributed by atoms with Gasteiger partial charge in [-0.15, -0.1) is 6.58 Å². The highest BCUT2D eigenvalue weighted by molar-refractivity contribution is 4.95. The topological polar surface area (TPSA) is 21.8 Å². The smallest absolute Gasteiger partial charge is 0.0866 e. The Kier molecular flexibility index (Phi) is 2.80. The molecule has 0 amide bonds. The maximum atomic E-state index is 6.22. The van der Waals surface area contributed by atoms with E-state index in [-0.39, 0.29) is 0 Å². The fourth-order valence-electron chi connectivity index (χ4n) is 3.42. The van der Waals surface area contributed by atoms with E-state index in [0.29, 0.717) is 30.3 Å². The predicted molar refractivity (Wildman–Crippen MR) is 63.3 cm³/mol. The van der Waals surface area contributed by atoms with Gasteiger partial charge in [-0.25, -0.2) is 0 Å². The average molecular weight is 222 g/mol. The summed E-state index contributed by atoms with van der Waals surface area (Å²) < 4.78 is 11.8. The molecule has 2 saturated carbocycles. The number of allylic oxidation sites excluding steroid dienone is 1. The van der Waals surface area contributed by atoms with Crippen LogP contribution in [0.1, 0.15) is 39.0 Å². The van der Waals surface area contributed by atoms with Gasteiger partial charge in [0.15, 0.2) is 0 Å². The molecule has 3 rings (SSSR count). The van der Waals surface area contributed by atoms with Gasteiger partial charge in [0.1, 0.15) is 0 Å². The third kappa shape index (κ3) is 2.05. The second kappa shape index (κ2) is 4.15. The maximum absolute atomic E-state index is 6.22. The lowest BCUT2D eigenvalue weighted by molar-refractivity contribution is -0.0247. The van der Waals surface area contributed by atoms with Crippen LogP contribution in [0.25, 0.3) is 0 Å². The van der Waals surface area contributed by atoms with Gasteiger partial charge in [-0.2, -0.15) is 0 Å². The molecule has 0 N–H and O–H groups in total. The summed E-state index contributed by atoms with van der Waals surface area (Å²) >= 11 is 0. The van der Waals surface area contributed by atoms with Crippen molar-refractivity contribution in [3.05, 3.63) is 12.7 Å². The van der Waals surface area contributed by atoms with Gasteiger partial charge in [0.2, 0.25) is 0 Å². The molecule has 3 fully saturated rings. The van der Waals surface area contributed by atoms with Gasteiger partial charge >= 0.3 is 0 Å². The van der Waals surface area contributed by atoms with Crippen molar-refractivity contribution in [1.29, 1.82) is 0 Å². The van der Waals surface area contributed by atoms with E-state index in [2.05, 4.69) is 19.6 Å². The Morgan fingerprint density at radius 3 is 2.69 bits per heavy atom. The van der Waals surface area contributed by atoms with Crippen LogP contribution in [0.5, 0.6) is 0 Å². The molecule has 2 nitrogen and oxygen atoms in total. The van der Waals surface area contributed by atoms with Crippen LogP contribution in [-0.4, -0.2) is 24.4 Å². The van der Waals surface area contributed by atoms with Gasteiger partial charge in [0.05, 0.1) is 24.4 Å². The third-order valence-electron chi connectivity index (χ3n) is 4.54. The lowest BCUT2D eigenvalue weighted by atomic mass is 9.97. The molecule has 0 aromatic carbocycles. The zero-order chi connectivity index (χ0) is 11.1. The van der Waals surface area contributed by atoms with Crippen LogP contribution in [0.15, 0.2) is 12.7 Å². The van der Waals surface area contributed by atoms with Gasteiger partial charge in [0.25, 0.3) is 0 Å². The first-order valence-electron chi connectivity index (χ1n) is 6.69. The molecule has 16 heavy (non-hydrogen) atoms. The Bertz CT molecular complexity index is 276. The summed E-state index contributed by atoms with van der Waals surface area (Å²) in [6.07, 6.45) is 10.1. The molecule has 0 aromatic rings. The van der Waals surface area contributed by atoms with E-state index in [1.54, 1.807) is 0 Å². The van der Waals surface area contributed by atoms with Gasteiger partial charge < -0.3 is 9.47 Å². The first-order valence-corrected chi connectivity index (χ1v) is 6.69. The Balaban J connectivity index is 1.49. The first kappa shape index (κ1) is 10.8. The minimum Gasteiger partial charge on any atom is -0.375 e. The summed E-state index contributed by atoms with van der Waals surface area (Å²) in [4.78, 5) is 0. The van der Waals surface area contributed by atoms with E-state index in [1.165, 1.54) is 25.7 Å². The number of hydrogen-bond acceptors (Lipinski definition) is 2. The van der Waals surface area contributed by atoms with Gasteiger partial charge in [-0.3, -0.25) is 0 Å². The zero-order valence-electron chi connectivity index (χ0n) is 10.1. The van der Waals surface area contributed by atoms with E-state index in [1.807, 2.05) is 0 Å². The minimum absolute atomic E-state index is 0.463. The summed E-state index contributed by atoms with van der Waals surface area (Å²) in [5, 5.41) is 0. The van der Waals surface area contributed by atoms with Crippen LogP contribution < -0.4 is 0 Å². The van der Waals surface area contributed by atoms with E-state index in [0.717, 1.165) is 12.3 Å².